The van der Waals surface area contributed by atoms with Crippen molar-refractivity contribution in [1.29, 1.82) is 0 Å². The van der Waals surface area contributed by atoms with Crippen molar-refractivity contribution in [2.45, 2.75) is 4.21 Å². The van der Waals surface area contributed by atoms with Gasteiger partial charge in [-0.2, -0.15) is 0 Å². The molecule has 0 amide bonds. The molecule has 2 aromatic rings. The van der Waals surface area contributed by atoms with Crippen LogP contribution in [0, 0.1) is 0 Å². The van der Waals surface area contributed by atoms with Gasteiger partial charge in [0.25, 0.3) is 10.0 Å². The summed E-state index contributed by atoms with van der Waals surface area (Å²) >= 11 is 9.94. The molecule has 4 nitrogen and oxygen atoms in total. The minimum Gasteiger partial charge on any atom is -0.506 e. The topological polar surface area (TPSA) is 66.4 Å². The summed E-state index contributed by atoms with van der Waals surface area (Å²) in [5.41, 5.74) is 0.251. The highest BCUT2D eigenvalue weighted by Crippen LogP contribution is 2.30. The fourth-order valence-electron chi connectivity index (χ4n) is 1.22. The van der Waals surface area contributed by atoms with E-state index in [9.17, 15) is 13.5 Å². The average Bonchev–Trinajstić information content (AvgIpc) is 2.71. The van der Waals surface area contributed by atoms with E-state index >= 15 is 0 Å². The summed E-state index contributed by atoms with van der Waals surface area (Å²) in [6.07, 6.45) is 0. The number of phenols is 1. The van der Waals surface area contributed by atoms with Crippen LogP contribution in [-0.2, 0) is 10.0 Å². The van der Waals surface area contributed by atoms with E-state index in [1.54, 1.807) is 6.07 Å². The number of hydrogen-bond donors (Lipinski definition) is 2. The number of halogens is 2. The minimum absolute atomic E-state index is 0.164. The molecular formula is C10H7BrClNO3S2. The predicted octanol–water partition coefficient (Wildman–Crippen LogP) is 3.67. The third kappa shape index (κ3) is 2.97. The Hall–Kier alpha value is -0.760. The second kappa shape index (κ2) is 5.08. The lowest BCUT2D eigenvalue weighted by atomic mass is 10.3. The molecule has 1 aromatic carbocycles. The van der Waals surface area contributed by atoms with Crippen molar-refractivity contribution < 1.29 is 13.5 Å². The number of aromatic hydroxyl groups is 1. The van der Waals surface area contributed by atoms with Crippen LogP contribution in [-0.4, -0.2) is 13.5 Å². The summed E-state index contributed by atoms with van der Waals surface area (Å²) in [5.74, 6) is -0.177. The zero-order valence-electron chi connectivity index (χ0n) is 8.72. The summed E-state index contributed by atoms with van der Waals surface area (Å²) in [4.78, 5) is 0. The second-order valence-corrected chi connectivity index (χ2v) is 8.11. The molecule has 0 aliphatic carbocycles. The summed E-state index contributed by atoms with van der Waals surface area (Å²) < 4.78 is 27.2. The Bertz CT molecular complexity index is 684. The van der Waals surface area contributed by atoms with E-state index in [2.05, 4.69) is 20.7 Å². The molecule has 96 valence electrons. The number of rotatable bonds is 3. The maximum Gasteiger partial charge on any atom is 0.271 e. The molecule has 2 rings (SSSR count). The van der Waals surface area contributed by atoms with Crippen molar-refractivity contribution in [3.05, 3.63) is 39.1 Å². The van der Waals surface area contributed by atoms with Crippen molar-refractivity contribution in [3.63, 3.8) is 0 Å². The standard InChI is InChI=1S/C10H7BrClNO3S2/c11-9-3-4-10(17-9)18(15,16)13-6-1-2-7(12)8(14)5-6/h1-5,13-14H. The molecule has 0 aliphatic rings. The molecule has 8 heteroatoms. The number of hydrogen-bond acceptors (Lipinski definition) is 4. The van der Waals surface area contributed by atoms with Crippen molar-refractivity contribution in [1.82, 2.24) is 0 Å². The molecule has 0 unspecified atom stereocenters. The van der Waals surface area contributed by atoms with Gasteiger partial charge in [0.1, 0.15) is 9.96 Å². The van der Waals surface area contributed by atoms with Gasteiger partial charge < -0.3 is 5.11 Å². The van der Waals surface area contributed by atoms with Gasteiger partial charge >= 0.3 is 0 Å². The summed E-state index contributed by atoms with van der Waals surface area (Å²) in [5, 5.41) is 9.56. The molecule has 1 heterocycles. The lowest BCUT2D eigenvalue weighted by Gasteiger charge is -2.07. The van der Waals surface area contributed by atoms with Gasteiger partial charge in [0.2, 0.25) is 0 Å². The van der Waals surface area contributed by atoms with E-state index in [1.165, 1.54) is 24.3 Å². The van der Waals surface area contributed by atoms with Crippen LogP contribution < -0.4 is 4.72 Å². The van der Waals surface area contributed by atoms with Gasteiger partial charge in [0.15, 0.2) is 0 Å². The molecule has 0 fully saturated rings. The fourth-order valence-corrected chi connectivity index (χ4v) is 4.40. The van der Waals surface area contributed by atoms with Crippen molar-refractivity contribution in [2.24, 2.45) is 0 Å². The van der Waals surface area contributed by atoms with Gasteiger partial charge in [-0.15, -0.1) is 11.3 Å². The van der Waals surface area contributed by atoms with E-state index < -0.39 is 10.0 Å². The van der Waals surface area contributed by atoms with Crippen LogP contribution in [0.5, 0.6) is 5.75 Å². The van der Waals surface area contributed by atoms with E-state index in [-0.39, 0.29) is 20.7 Å². The zero-order valence-corrected chi connectivity index (χ0v) is 12.7. The lowest BCUT2D eigenvalue weighted by Crippen LogP contribution is -2.11. The number of sulfonamides is 1. The van der Waals surface area contributed by atoms with E-state index in [0.717, 1.165) is 15.1 Å². The third-order valence-corrected chi connectivity index (χ3v) is 5.83. The molecule has 0 saturated heterocycles. The van der Waals surface area contributed by atoms with E-state index in [1.807, 2.05) is 0 Å². The first-order valence-corrected chi connectivity index (χ1v) is 8.12. The molecular weight excluding hydrogens is 362 g/mol. The smallest absolute Gasteiger partial charge is 0.271 e. The molecule has 0 spiro atoms. The van der Waals surface area contributed by atoms with Gasteiger partial charge in [-0.05, 0) is 40.2 Å². The van der Waals surface area contributed by atoms with Crippen LogP contribution in [0.25, 0.3) is 0 Å². The van der Waals surface area contributed by atoms with E-state index in [0.29, 0.717) is 0 Å². The summed E-state index contributed by atoms with van der Waals surface area (Å²) in [6.45, 7) is 0. The molecule has 0 atom stereocenters. The number of benzene rings is 1. The largest absolute Gasteiger partial charge is 0.506 e. The van der Waals surface area contributed by atoms with Crippen molar-refractivity contribution in [3.8, 4) is 5.75 Å². The van der Waals surface area contributed by atoms with Gasteiger partial charge in [-0.1, -0.05) is 11.6 Å². The summed E-state index contributed by atoms with van der Waals surface area (Å²) in [6, 6.07) is 7.29. The first-order chi connectivity index (χ1) is 8.38. The second-order valence-electron chi connectivity index (χ2n) is 3.33. The fraction of sp³-hybridized carbons (Fsp3) is 0. The highest BCUT2D eigenvalue weighted by atomic mass is 79.9. The highest BCUT2D eigenvalue weighted by molar-refractivity contribution is 9.11. The van der Waals surface area contributed by atoms with Gasteiger partial charge in [0.05, 0.1) is 14.5 Å². The highest BCUT2D eigenvalue weighted by Gasteiger charge is 2.17. The minimum atomic E-state index is -3.64. The Balaban J connectivity index is 2.30. The Morgan fingerprint density at radius 1 is 1.28 bits per heavy atom. The monoisotopic (exact) mass is 367 g/mol. The first-order valence-electron chi connectivity index (χ1n) is 4.65. The van der Waals surface area contributed by atoms with Crippen LogP contribution >= 0.6 is 38.9 Å². The van der Waals surface area contributed by atoms with E-state index in [4.69, 9.17) is 11.6 Å². The van der Waals surface area contributed by atoms with Crippen LogP contribution in [0.15, 0.2) is 38.3 Å². The number of anilines is 1. The lowest BCUT2D eigenvalue weighted by molar-refractivity contribution is 0.476. The maximum absolute atomic E-state index is 12.0. The number of thiophene rings is 1. The molecule has 0 radical (unpaired) electrons. The Labute approximate surface area is 121 Å². The van der Waals surface area contributed by atoms with Gasteiger partial charge in [0, 0.05) is 6.07 Å². The molecule has 18 heavy (non-hydrogen) atoms. The summed E-state index contributed by atoms with van der Waals surface area (Å²) in [7, 11) is -3.64. The predicted molar refractivity (Wildman–Crippen MR) is 75.9 cm³/mol. The van der Waals surface area contributed by atoms with Crippen LogP contribution in [0.1, 0.15) is 0 Å². The molecule has 2 N–H and O–H groups in total. The Morgan fingerprint density at radius 3 is 2.56 bits per heavy atom. The van der Waals surface area contributed by atoms with Crippen molar-refractivity contribution >= 4 is 54.6 Å². The van der Waals surface area contributed by atoms with Gasteiger partial charge in [-0.25, -0.2) is 8.42 Å². The normalized spacial score (nSPS) is 11.4. The molecule has 0 bridgehead atoms. The zero-order chi connectivity index (χ0) is 13.3. The molecule has 1 aromatic heterocycles. The maximum atomic E-state index is 12.0. The third-order valence-electron chi connectivity index (χ3n) is 2.01. The van der Waals surface area contributed by atoms with Crippen LogP contribution in [0.4, 0.5) is 5.69 Å². The quantitative estimate of drug-likeness (QED) is 0.868. The number of phenolic OH excluding ortho intramolecular Hbond substituents is 1. The van der Waals surface area contributed by atoms with Crippen LogP contribution in [0.3, 0.4) is 0 Å². The SMILES string of the molecule is O=S(=O)(Nc1ccc(Cl)c(O)c1)c1ccc(Br)s1. The first kappa shape index (κ1) is 13.7. The molecule has 0 aliphatic heterocycles. The number of nitrogens with one attached hydrogen (secondary N) is 1. The Morgan fingerprint density at radius 2 is 2.00 bits per heavy atom. The van der Waals surface area contributed by atoms with Gasteiger partial charge in [-0.3, -0.25) is 4.72 Å². The van der Waals surface area contributed by atoms with Crippen molar-refractivity contribution in [2.75, 3.05) is 4.72 Å². The van der Waals surface area contributed by atoms with Crippen LogP contribution in [0.2, 0.25) is 5.02 Å². The molecule has 0 saturated carbocycles. The average molecular weight is 369 g/mol. The Kier molecular flexibility index (Phi) is 3.86.